The van der Waals surface area contributed by atoms with Crippen LogP contribution in [0.2, 0.25) is 10.0 Å². The summed E-state index contributed by atoms with van der Waals surface area (Å²) in [6.45, 7) is 1.71. The topological polar surface area (TPSA) is 57.6 Å². The number of imide groups is 1. The lowest BCUT2D eigenvalue weighted by Gasteiger charge is -2.55. The number of carbonyl (C=O) groups is 2. The number of hydrogen-bond acceptors (Lipinski definition) is 3. The maximum absolute atomic E-state index is 14.0. The lowest BCUT2D eigenvalue weighted by atomic mass is 9.46. The number of rotatable bonds is 2. The first-order valence-electron chi connectivity index (χ1n) is 10.6. The minimum Gasteiger partial charge on any atom is -0.392 e. The summed E-state index contributed by atoms with van der Waals surface area (Å²) in [5.74, 6) is -2.23. The summed E-state index contributed by atoms with van der Waals surface area (Å²) in [5, 5.41) is 12.0. The molecule has 0 unspecified atom stereocenters. The molecule has 1 heterocycles. The zero-order valence-electron chi connectivity index (χ0n) is 17.1. The van der Waals surface area contributed by atoms with Gasteiger partial charge < -0.3 is 5.11 Å². The van der Waals surface area contributed by atoms with Gasteiger partial charge in [0.2, 0.25) is 11.8 Å². The van der Waals surface area contributed by atoms with Crippen LogP contribution in [0.25, 0.3) is 0 Å². The lowest BCUT2D eigenvalue weighted by molar-refractivity contribution is -0.126. The van der Waals surface area contributed by atoms with Gasteiger partial charge in [-0.05, 0) is 47.4 Å². The molecule has 4 nitrogen and oxygen atoms in total. The van der Waals surface area contributed by atoms with Crippen LogP contribution in [-0.4, -0.2) is 23.0 Å². The average Bonchev–Trinajstić information content (AvgIpc) is 3.05. The normalized spacial score (nSPS) is 28.4. The molecular weight excluding hydrogens is 445 g/mol. The molecule has 3 aromatic rings. The second-order valence-corrected chi connectivity index (χ2v) is 9.65. The van der Waals surface area contributed by atoms with Gasteiger partial charge in [-0.3, -0.25) is 9.59 Å². The molecule has 1 fully saturated rings. The Kier molecular flexibility index (Phi) is 4.17. The fraction of sp³-hybridized carbons (Fsp3) is 0.231. The molecule has 160 valence electrons. The Bertz CT molecular complexity index is 1270. The molecule has 4 aliphatic rings. The van der Waals surface area contributed by atoms with E-state index in [-0.39, 0.29) is 22.8 Å². The molecule has 3 aromatic carbocycles. The number of halogens is 2. The van der Waals surface area contributed by atoms with Crippen molar-refractivity contribution in [2.24, 2.45) is 11.8 Å². The molecule has 0 aromatic heterocycles. The van der Waals surface area contributed by atoms with E-state index >= 15 is 0 Å². The predicted molar refractivity (Wildman–Crippen MR) is 123 cm³/mol. The number of hydrogen-bond donors (Lipinski definition) is 1. The van der Waals surface area contributed by atoms with Crippen LogP contribution in [0, 0.1) is 11.8 Å². The van der Waals surface area contributed by atoms with Gasteiger partial charge in [0.05, 0.1) is 34.1 Å². The SMILES string of the molecule is C[C@H](O)C12c3ccccc3C(c3ccccc31)[C@@H]1C(=O)N(c3ccc(Cl)cc3Cl)C(=O)[C@@H]12. The van der Waals surface area contributed by atoms with Crippen LogP contribution < -0.4 is 4.90 Å². The Balaban J connectivity index is 1.66. The van der Waals surface area contributed by atoms with Gasteiger partial charge in [-0.1, -0.05) is 71.7 Å². The highest BCUT2D eigenvalue weighted by atomic mass is 35.5. The van der Waals surface area contributed by atoms with Crippen LogP contribution >= 0.6 is 23.2 Å². The zero-order chi connectivity index (χ0) is 22.4. The molecule has 1 saturated heterocycles. The van der Waals surface area contributed by atoms with Crippen LogP contribution in [-0.2, 0) is 15.0 Å². The summed E-state index contributed by atoms with van der Waals surface area (Å²) in [4.78, 5) is 29.1. The lowest BCUT2D eigenvalue weighted by Crippen LogP contribution is -2.58. The van der Waals surface area contributed by atoms with Crippen molar-refractivity contribution in [2.45, 2.75) is 24.4 Å². The van der Waals surface area contributed by atoms with Crippen molar-refractivity contribution in [2.75, 3.05) is 4.90 Å². The van der Waals surface area contributed by atoms with Gasteiger partial charge >= 0.3 is 0 Å². The van der Waals surface area contributed by atoms with Crippen molar-refractivity contribution in [3.8, 4) is 0 Å². The molecule has 32 heavy (non-hydrogen) atoms. The minimum atomic E-state index is -1.02. The van der Waals surface area contributed by atoms with E-state index in [2.05, 4.69) is 0 Å². The highest BCUT2D eigenvalue weighted by molar-refractivity contribution is 6.38. The Labute approximate surface area is 195 Å². The van der Waals surface area contributed by atoms with Gasteiger partial charge in [-0.15, -0.1) is 0 Å². The molecule has 0 spiro atoms. The summed E-state index contributed by atoms with van der Waals surface area (Å²) in [5.41, 5.74) is 3.15. The number of aliphatic hydroxyl groups excluding tert-OH is 1. The van der Waals surface area contributed by atoms with Crippen molar-refractivity contribution in [1.82, 2.24) is 0 Å². The Morgan fingerprint density at radius 3 is 2.06 bits per heavy atom. The van der Waals surface area contributed by atoms with Crippen molar-refractivity contribution in [3.63, 3.8) is 0 Å². The molecule has 1 aliphatic heterocycles. The molecule has 0 saturated carbocycles. The summed E-state index contributed by atoms with van der Waals surface area (Å²) in [6.07, 6.45) is -0.893. The van der Waals surface area contributed by atoms with Gasteiger partial charge in [0, 0.05) is 10.9 Å². The first kappa shape index (κ1) is 20.0. The maximum Gasteiger partial charge on any atom is 0.239 e. The van der Waals surface area contributed by atoms with E-state index in [1.54, 1.807) is 19.1 Å². The molecule has 2 bridgehead atoms. The largest absolute Gasteiger partial charge is 0.392 e. The first-order valence-corrected chi connectivity index (χ1v) is 11.3. The van der Waals surface area contributed by atoms with Gasteiger partial charge in [0.25, 0.3) is 0 Å². The van der Waals surface area contributed by atoms with E-state index in [0.29, 0.717) is 10.7 Å². The third kappa shape index (κ3) is 2.22. The summed E-state index contributed by atoms with van der Waals surface area (Å²) < 4.78 is 0. The summed E-state index contributed by atoms with van der Waals surface area (Å²) in [6, 6.07) is 20.5. The van der Waals surface area contributed by atoms with Crippen LogP contribution in [0.4, 0.5) is 5.69 Å². The molecular formula is C26H19Cl2NO3. The van der Waals surface area contributed by atoms with E-state index in [1.807, 2.05) is 48.5 Å². The fourth-order valence-electron chi connectivity index (χ4n) is 6.44. The van der Waals surface area contributed by atoms with Gasteiger partial charge in [-0.2, -0.15) is 0 Å². The third-order valence-corrected chi connectivity index (χ3v) is 8.03. The Morgan fingerprint density at radius 2 is 1.50 bits per heavy atom. The number of aliphatic hydroxyl groups is 1. The molecule has 1 N–H and O–H groups in total. The van der Waals surface area contributed by atoms with E-state index in [1.165, 1.54) is 11.0 Å². The van der Waals surface area contributed by atoms with Crippen LogP contribution in [0.3, 0.4) is 0 Å². The quantitative estimate of drug-likeness (QED) is 0.548. The molecule has 2 amide bonds. The number of nitrogens with zero attached hydrogens (tertiary/aromatic N) is 1. The highest BCUT2D eigenvalue weighted by Crippen LogP contribution is 2.65. The van der Waals surface area contributed by atoms with Crippen LogP contribution in [0.15, 0.2) is 66.7 Å². The number of anilines is 1. The second kappa shape index (κ2) is 6.67. The zero-order valence-corrected chi connectivity index (χ0v) is 18.6. The Hall–Kier alpha value is -2.66. The molecule has 3 atom stereocenters. The van der Waals surface area contributed by atoms with E-state index in [4.69, 9.17) is 23.2 Å². The smallest absolute Gasteiger partial charge is 0.239 e. The Morgan fingerprint density at radius 1 is 0.906 bits per heavy atom. The first-order chi connectivity index (χ1) is 15.4. The van der Waals surface area contributed by atoms with E-state index < -0.39 is 23.4 Å². The van der Waals surface area contributed by atoms with Crippen molar-refractivity contribution in [3.05, 3.63) is 99.0 Å². The van der Waals surface area contributed by atoms with Gasteiger partial charge in [-0.25, -0.2) is 4.90 Å². The van der Waals surface area contributed by atoms with Crippen LogP contribution in [0.5, 0.6) is 0 Å². The van der Waals surface area contributed by atoms with Gasteiger partial charge in [0.15, 0.2) is 0 Å². The third-order valence-electron chi connectivity index (χ3n) is 7.49. The van der Waals surface area contributed by atoms with Crippen LogP contribution in [0.1, 0.15) is 35.1 Å². The van der Waals surface area contributed by atoms with Crippen molar-refractivity contribution >= 4 is 40.7 Å². The van der Waals surface area contributed by atoms with Crippen molar-refractivity contribution in [1.29, 1.82) is 0 Å². The number of benzene rings is 3. The summed E-state index contributed by atoms with van der Waals surface area (Å²) in [7, 11) is 0. The minimum absolute atomic E-state index is 0.242. The molecule has 3 aliphatic carbocycles. The molecule has 6 heteroatoms. The van der Waals surface area contributed by atoms with Gasteiger partial charge in [0.1, 0.15) is 0 Å². The highest BCUT2D eigenvalue weighted by Gasteiger charge is 2.69. The van der Waals surface area contributed by atoms with Crippen molar-refractivity contribution < 1.29 is 14.7 Å². The summed E-state index contributed by atoms with van der Waals surface area (Å²) >= 11 is 12.5. The van der Waals surface area contributed by atoms with E-state index in [9.17, 15) is 14.7 Å². The molecule has 7 rings (SSSR count). The fourth-order valence-corrected chi connectivity index (χ4v) is 6.93. The number of amides is 2. The molecule has 0 radical (unpaired) electrons. The average molecular weight is 464 g/mol. The maximum atomic E-state index is 14.0. The van der Waals surface area contributed by atoms with E-state index in [0.717, 1.165) is 22.3 Å². The standard InChI is InChI=1S/C26H19Cl2NO3/c1-13(30)26-17-8-4-2-6-15(17)21(16-7-3-5-9-18(16)26)22-23(26)25(32)29(24(22)31)20-11-10-14(27)12-19(20)28/h2-13,21-23,30H,1H3/t13-,21?,22-,23+,26?/m0/s1. The predicted octanol–water partition coefficient (Wildman–Crippen LogP) is 4.93. The second-order valence-electron chi connectivity index (χ2n) is 8.81. The monoisotopic (exact) mass is 463 g/mol. The number of carbonyl (C=O) groups excluding carboxylic acids is 2.